The van der Waals surface area contributed by atoms with Crippen molar-refractivity contribution in [3.63, 3.8) is 0 Å². The van der Waals surface area contributed by atoms with Crippen LogP contribution in [0.2, 0.25) is 0 Å². The van der Waals surface area contributed by atoms with E-state index in [1.807, 2.05) is 12.1 Å². The van der Waals surface area contributed by atoms with E-state index in [1.165, 1.54) is 33.3 Å². The van der Waals surface area contributed by atoms with Crippen molar-refractivity contribution in [2.45, 2.75) is 51.4 Å². The zero-order chi connectivity index (χ0) is 24.7. The number of aryl methyl sites for hydroxylation is 2. The van der Waals surface area contributed by atoms with Crippen molar-refractivity contribution in [1.82, 2.24) is 4.58 Å². The van der Waals surface area contributed by atoms with E-state index < -0.39 is 5.97 Å². The fourth-order valence-electron chi connectivity index (χ4n) is 7.68. The number of benzene rings is 3. The number of carboxylic acid groups (broad SMARTS) is 1. The topological polar surface area (TPSA) is 55.6 Å². The molecular weight excluding hydrogens is 483 g/mol. The van der Waals surface area contributed by atoms with Crippen LogP contribution in [0.4, 0.5) is 5.69 Å². The van der Waals surface area contributed by atoms with Crippen LogP contribution in [0.5, 0.6) is 11.5 Å². The summed E-state index contributed by atoms with van der Waals surface area (Å²) in [7, 11) is 0. The van der Waals surface area contributed by atoms with Crippen molar-refractivity contribution in [1.29, 1.82) is 0 Å². The fraction of sp³-hybridized carbons (Fsp3) is 0.375. The summed E-state index contributed by atoms with van der Waals surface area (Å²) in [4.78, 5) is 14.9. The molecule has 38 heavy (non-hydrogen) atoms. The van der Waals surface area contributed by atoms with Gasteiger partial charge in [-0.3, -0.25) is 0 Å². The quantitative estimate of drug-likeness (QED) is 0.268. The predicted octanol–water partition coefficient (Wildman–Crippen LogP) is -0.511. The Morgan fingerprint density at radius 1 is 0.842 bits per heavy atom. The molecule has 186 valence electrons. The predicted molar refractivity (Wildman–Crippen MR) is 141 cm³/mol. The third-order valence-corrected chi connectivity index (χ3v) is 9.10. The van der Waals surface area contributed by atoms with Gasteiger partial charge in [0.15, 0.2) is 0 Å². The molecular formula is C32H30N2NaO3+. The Kier molecular flexibility index (Phi) is 5.95. The summed E-state index contributed by atoms with van der Waals surface area (Å²) in [6.07, 6.45) is 8.65. The average Bonchev–Trinajstić information content (AvgIpc) is 2.93. The van der Waals surface area contributed by atoms with Crippen LogP contribution in [0.15, 0.2) is 36.4 Å². The summed E-state index contributed by atoms with van der Waals surface area (Å²) in [5.74, 6) is 0.768. The molecule has 3 aromatic rings. The Balaban J connectivity index is 0.00000242. The van der Waals surface area contributed by atoms with E-state index in [2.05, 4.69) is 21.6 Å². The minimum Gasteiger partial charge on any atom is -0.545 e. The Bertz CT molecular complexity index is 1650. The molecule has 5 heterocycles. The smallest absolute Gasteiger partial charge is 0.545 e. The number of aromatic carboxylic acids is 1. The van der Waals surface area contributed by atoms with Crippen LogP contribution in [-0.2, 0) is 25.7 Å². The number of carbonyl (C=O) groups is 1. The molecule has 5 aliphatic heterocycles. The number of ether oxygens (including phenoxy) is 1. The van der Waals surface area contributed by atoms with Crippen molar-refractivity contribution in [3.8, 4) is 11.5 Å². The molecule has 0 radical (unpaired) electrons. The Morgan fingerprint density at radius 3 is 2.42 bits per heavy atom. The van der Waals surface area contributed by atoms with Gasteiger partial charge < -0.3 is 19.5 Å². The third kappa shape index (κ3) is 3.48. The van der Waals surface area contributed by atoms with E-state index in [-0.39, 0.29) is 35.1 Å². The normalized spacial score (nSPS) is 18.4. The molecule has 0 aliphatic carbocycles. The van der Waals surface area contributed by atoms with Crippen molar-refractivity contribution >= 4 is 17.2 Å². The van der Waals surface area contributed by atoms with Crippen LogP contribution >= 0.6 is 0 Å². The molecule has 6 heteroatoms. The van der Waals surface area contributed by atoms with Gasteiger partial charge in [0.2, 0.25) is 5.36 Å². The molecule has 3 aromatic carbocycles. The van der Waals surface area contributed by atoms with E-state index in [1.54, 1.807) is 12.1 Å². The van der Waals surface area contributed by atoms with Gasteiger partial charge in [-0.1, -0.05) is 24.3 Å². The van der Waals surface area contributed by atoms with Gasteiger partial charge in [0.05, 0.1) is 11.5 Å². The van der Waals surface area contributed by atoms with E-state index >= 15 is 0 Å². The fourth-order valence-corrected chi connectivity index (χ4v) is 7.68. The maximum atomic E-state index is 12.3. The Labute approximate surface area is 244 Å². The zero-order valence-corrected chi connectivity index (χ0v) is 24.1. The number of nitrogens with zero attached hydrogens (tertiary/aromatic N) is 2. The van der Waals surface area contributed by atoms with Crippen molar-refractivity contribution in [2.75, 3.05) is 31.1 Å². The molecule has 5 aliphatic rings. The van der Waals surface area contributed by atoms with Gasteiger partial charge in [0.25, 0.3) is 0 Å². The first-order valence-electron chi connectivity index (χ1n) is 13.9. The first-order valence-corrected chi connectivity index (χ1v) is 13.9. The van der Waals surface area contributed by atoms with Crippen LogP contribution in [-0.4, -0.2) is 32.1 Å². The maximum absolute atomic E-state index is 12.3. The van der Waals surface area contributed by atoms with Gasteiger partial charge in [-0.25, -0.2) is 4.58 Å². The van der Waals surface area contributed by atoms with Gasteiger partial charge in [0, 0.05) is 64.7 Å². The minimum atomic E-state index is -1.13. The number of carbonyl (C=O) groups excluding carboxylic acids is 1. The van der Waals surface area contributed by atoms with Crippen LogP contribution in [0.1, 0.15) is 69.4 Å². The second kappa shape index (κ2) is 9.25. The molecule has 0 fully saturated rings. The van der Waals surface area contributed by atoms with Gasteiger partial charge in [-0.05, 0) is 61.8 Å². The van der Waals surface area contributed by atoms with E-state index in [4.69, 9.17) is 4.74 Å². The molecule has 0 atom stereocenters. The molecule has 0 unspecified atom stereocenters. The number of rotatable bonds is 2. The maximum Gasteiger partial charge on any atom is 1.00 e. The standard InChI is InChI=1S/C32H30N2O3.Na/c35-32(36)22-10-2-1-9-21(22)27-25-17-19-7-3-13-33-15-5-11-23(28(19)33)30(25)37-31-24-12-6-16-34-14-4-8-20(29(24)34)18-26(27)31;/h1-2,9-10,17-18H,3-8,11-16H2;/q;+1. The summed E-state index contributed by atoms with van der Waals surface area (Å²) in [5, 5.41) is 14.8. The van der Waals surface area contributed by atoms with Crippen LogP contribution in [0.25, 0.3) is 5.57 Å². The summed E-state index contributed by atoms with van der Waals surface area (Å²) in [6, 6.07) is 12.0. The molecule has 0 spiro atoms. The molecule has 0 bridgehead atoms. The van der Waals surface area contributed by atoms with Crippen molar-refractivity contribution < 1.29 is 44.2 Å². The SMILES string of the molecule is O=C([O-])c1ccccc1C1=c2cc3c4c(c2Oc2c1cc1c5c2CCCN5CCC1)CCC[N+]=4CCC3.[Na+]. The third-order valence-electron chi connectivity index (χ3n) is 9.10. The van der Waals surface area contributed by atoms with Crippen molar-refractivity contribution in [2.24, 2.45) is 0 Å². The molecule has 0 amide bonds. The number of hydrogen-bond donors (Lipinski definition) is 0. The minimum absolute atomic E-state index is 0. The first kappa shape index (κ1) is 24.4. The van der Waals surface area contributed by atoms with Crippen LogP contribution < -0.4 is 59.5 Å². The number of hydrogen-bond acceptors (Lipinski definition) is 4. The van der Waals surface area contributed by atoms with Gasteiger partial charge >= 0.3 is 29.6 Å². The molecule has 0 N–H and O–H groups in total. The van der Waals surface area contributed by atoms with Gasteiger partial charge in [-0.2, -0.15) is 0 Å². The second-order valence-electron chi connectivity index (χ2n) is 11.2. The Morgan fingerprint density at radius 2 is 1.58 bits per heavy atom. The molecule has 0 aromatic heterocycles. The summed E-state index contributed by atoms with van der Waals surface area (Å²) < 4.78 is 9.58. The largest absolute Gasteiger partial charge is 1.00 e. The van der Waals surface area contributed by atoms with Gasteiger partial charge in [0.1, 0.15) is 24.6 Å². The Hall–Kier alpha value is -2.60. The van der Waals surface area contributed by atoms with E-state index in [9.17, 15) is 9.90 Å². The molecule has 0 saturated carbocycles. The monoisotopic (exact) mass is 513 g/mol. The van der Waals surface area contributed by atoms with Crippen molar-refractivity contribution in [3.05, 3.63) is 85.9 Å². The van der Waals surface area contributed by atoms with Crippen LogP contribution in [0.3, 0.4) is 0 Å². The van der Waals surface area contributed by atoms with Crippen LogP contribution in [0, 0.1) is 0 Å². The van der Waals surface area contributed by atoms with E-state index in [0.717, 1.165) is 111 Å². The van der Waals surface area contributed by atoms with E-state index in [0.29, 0.717) is 0 Å². The first-order chi connectivity index (χ1) is 18.2. The average molecular weight is 514 g/mol. The number of carboxylic acids is 1. The van der Waals surface area contributed by atoms with Gasteiger partial charge in [-0.15, -0.1) is 0 Å². The molecule has 0 saturated heterocycles. The summed E-state index contributed by atoms with van der Waals surface area (Å²) in [6.45, 7) is 4.42. The molecule has 5 nitrogen and oxygen atoms in total. The number of fused-ring (bicyclic) bond motifs is 4. The number of anilines is 1. The summed E-state index contributed by atoms with van der Waals surface area (Å²) in [5.41, 5.74) is 9.78. The molecule has 8 rings (SSSR count). The second-order valence-corrected chi connectivity index (χ2v) is 11.2. The summed E-state index contributed by atoms with van der Waals surface area (Å²) >= 11 is 0. The zero-order valence-electron chi connectivity index (χ0n) is 22.1.